The molecular weight excluding hydrogens is 508 g/mol. The van der Waals surface area contributed by atoms with Crippen molar-refractivity contribution in [3.05, 3.63) is 53.4 Å². The SMILES string of the molecule is CC1(C)C2CN(Cc3ccccc3)CC1CN(S(=O)(=O)c1cccs1)C2.O=C(O)[C@H](O)[C@@H](O)C(=O)O. The predicted octanol–water partition coefficient (Wildman–Crippen LogP) is 1.40. The Bertz CT molecular complexity index is 1100. The van der Waals surface area contributed by atoms with Gasteiger partial charge < -0.3 is 20.4 Å². The molecule has 10 nitrogen and oxygen atoms in total. The summed E-state index contributed by atoms with van der Waals surface area (Å²) in [6, 6.07) is 14.1. The number of piperidine rings is 2. The second-order valence-corrected chi connectivity index (χ2v) is 12.8. The first kappa shape index (κ1) is 28.2. The van der Waals surface area contributed by atoms with Crippen LogP contribution in [0.4, 0.5) is 0 Å². The van der Waals surface area contributed by atoms with E-state index in [-0.39, 0.29) is 5.41 Å². The number of benzene rings is 1. The summed E-state index contributed by atoms with van der Waals surface area (Å²) in [7, 11) is -3.35. The van der Waals surface area contributed by atoms with Gasteiger partial charge in [0.05, 0.1) is 0 Å². The van der Waals surface area contributed by atoms with Crippen LogP contribution in [0.5, 0.6) is 0 Å². The van der Waals surface area contributed by atoms with E-state index in [0.29, 0.717) is 29.1 Å². The highest BCUT2D eigenvalue weighted by atomic mass is 32.2. The zero-order valence-corrected chi connectivity index (χ0v) is 21.7. The average molecular weight is 541 g/mol. The molecule has 12 heteroatoms. The van der Waals surface area contributed by atoms with Gasteiger partial charge in [-0.05, 0) is 34.3 Å². The number of thiophene rings is 1. The van der Waals surface area contributed by atoms with E-state index in [9.17, 15) is 18.0 Å². The van der Waals surface area contributed by atoms with Crippen molar-refractivity contribution < 1.29 is 38.4 Å². The Hall–Kier alpha value is -2.35. The Morgan fingerprint density at radius 3 is 1.92 bits per heavy atom. The number of carbonyl (C=O) groups is 2. The Balaban J connectivity index is 0.000000308. The van der Waals surface area contributed by atoms with Gasteiger partial charge >= 0.3 is 11.9 Å². The third-order valence-corrected chi connectivity index (χ3v) is 10.3. The van der Waals surface area contributed by atoms with E-state index in [4.69, 9.17) is 20.4 Å². The third kappa shape index (κ3) is 6.31. The second kappa shape index (κ2) is 11.4. The number of aliphatic hydroxyl groups is 2. The summed E-state index contributed by atoms with van der Waals surface area (Å²) in [5, 5.41) is 34.4. The number of nitrogens with zero attached hydrogens (tertiary/aromatic N) is 2. The molecule has 0 amide bonds. The van der Waals surface area contributed by atoms with Crippen LogP contribution in [0.15, 0.2) is 52.1 Å². The highest BCUT2D eigenvalue weighted by Gasteiger charge is 2.50. The standard InChI is InChI=1S/C20H26N2O2S2.C4H6O6/c1-20(2)17-12-21(11-16-7-4-3-5-8-16)13-18(20)15-22(14-17)26(23,24)19-9-6-10-25-19;5-1(3(7)8)2(6)4(9)10/h3-10,17-18H,11-15H2,1-2H3;1-2,5-6H,(H,7,8)(H,9,10)/t;1-,2-/m.1/s1. The van der Waals surface area contributed by atoms with Gasteiger partial charge in [-0.25, -0.2) is 18.0 Å². The van der Waals surface area contributed by atoms with Crippen LogP contribution in [0.25, 0.3) is 0 Å². The first-order valence-electron chi connectivity index (χ1n) is 11.5. The van der Waals surface area contributed by atoms with Crippen molar-refractivity contribution in [3.63, 3.8) is 0 Å². The van der Waals surface area contributed by atoms with E-state index in [1.54, 1.807) is 10.4 Å². The summed E-state index contributed by atoms with van der Waals surface area (Å²) in [6.07, 6.45) is -4.53. The number of carboxylic acids is 2. The molecule has 2 aliphatic heterocycles. The largest absolute Gasteiger partial charge is 0.479 e. The monoisotopic (exact) mass is 540 g/mol. The number of fused-ring (bicyclic) bond motifs is 2. The van der Waals surface area contributed by atoms with Gasteiger partial charge in [-0.15, -0.1) is 11.3 Å². The summed E-state index contributed by atoms with van der Waals surface area (Å²) in [4.78, 5) is 22.0. The van der Waals surface area contributed by atoms with E-state index in [2.05, 4.69) is 43.0 Å². The van der Waals surface area contributed by atoms with Crippen molar-refractivity contribution in [2.45, 2.75) is 36.8 Å². The van der Waals surface area contributed by atoms with Crippen molar-refractivity contribution in [2.75, 3.05) is 26.2 Å². The lowest BCUT2D eigenvalue weighted by atomic mass is 9.64. The molecule has 0 spiro atoms. The molecule has 1 aromatic carbocycles. The van der Waals surface area contributed by atoms with Gasteiger partial charge in [-0.2, -0.15) is 4.31 Å². The molecule has 0 saturated carbocycles. The first-order chi connectivity index (χ1) is 16.8. The van der Waals surface area contributed by atoms with E-state index >= 15 is 0 Å². The average Bonchev–Trinajstić information content (AvgIpc) is 3.35. The summed E-state index contributed by atoms with van der Waals surface area (Å²) < 4.78 is 28.2. The maximum Gasteiger partial charge on any atom is 0.335 e. The Morgan fingerprint density at radius 1 is 0.944 bits per heavy atom. The quantitative estimate of drug-likeness (QED) is 0.408. The Labute approximate surface area is 214 Å². The zero-order valence-electron chi connectivity index (χ0n) is 20.1. The third-order valence-electron chi connectivity index (χ3n) is 7.05. The van der Waals surface area contributed by atoms with Crippen LogP contribution in [0.1, 0.15) is 19.4 Å². The fraction of sp³-hybridized carbons (Fsp3) is 0.500. The zero-order chi connectivity index (χ0) is 26.7. The molecular formula is C24H32N2O8S2. The molecule has 2 bridgehead atoms. The molecule has 0 aliphatic carbocycles. The van der Waals surface area contributed by atoms with Gasteiger partial charge in [0.15, 0.2) is 12.2 Å². The van der Waals surface area contributed by atoms with Gasteiger partial charge in [-0.3, -0.25) is 4.90 Å². The van der Waals surface area contributed by atoms with E-state index in [1.165, 1.54) is 16.9 Å². The normalized spacial score (nSPS) is 23.7. The van der Waals surface area contributed by atoms with Crippen molar-refractivity contribution in [2.24, 2.45) is 17.3 Å². The highest BCUT2D eigenvalue weighted by Crippen LogP contribution is 2.46. The number of likely N-dealkylation sites (tertiary alicyclic amines) is 1. The van der Waals surface area contributed by atoms with Gasteiger partial charge in [0.25, 0.3) is 10.0 Å². The number of hydrogen-bond acceptors (Lipinski definition) is 8. The fourth-order valence-corrected chi connectivity index (χ4v) is 7.30. The number of rotatable bonds is 7. The van der Waals surface area contributed by atoms with E-state index in [1.807, 2.05) is 17.5 Å². The van der Waals surface area contributed by atoms with Crippen LogP contribution in [-0.4, -0.2) is 88.4 Å². The summed E-state index contributed by atoms with van der Waals surface area (Å²) in [6.45, 7) is 8.73. The molecule has 198 valence electrons. The van der Waals surface area contributed by atoms with Crippen LogP contribution in [0.2, 0.25) is 0 Å². The van der Waals surface area contributed by atoms with Gasteiger partial charge in [0.1, 0.15) is 4.21 Å². The Morgan fingerprint density at radius 2 is 1.47 bits per heavy atom. The molecule has 36 heavy (non-hydrogen) atoms. The number of sulfonamides is 1. The van der Waals surface area contributed by atoms with Crippen LogP contribution in [0, 0.1) is 17.3 Å². The lowest BCUT2D eigenvalue weighted by molar-refractivity contribution is -0.165. The molecule has 4 rings (SSSR count). The van der Waals surface area contributed by atoms with Crippen LogP contribution >= 0.6 is 11.3 Å². The Kier molecular flexibility index (Phi) is 8.91. The summed E-state index contributed by atoms with van der Waals surface area (Å²) in [5.74, 6) is -2.83. The summed E-state index contributed by atoms with van der Waals surface area (Å²) in [5.41, 5.74) is 1.50. The minimum absolute atomic E-state index is 0.175. The van der Waals surface area contributed by atoms with Crippen molar-refractivity contribution in [1.29, 1.82) is 0 Å². The predicted molar refractivity (Wildman–Crippen MR) is 133 cm³/mol. The molecule has 1 aromatic heterocycles. The number of carboxylic acid groups (broad SMARTS) is 2. The van der Waals surface area contributed by atoms with E-state index < -0.39 is 34.2 Å². The van der Waals surface area contributed by atoms with E-state index in [0.717, 1.165) is 19.6 Å². The first-order valence-corrected chi connectivity index (χ1v) is 13.8. The number of aliphatic hydroxyl groups excluding tert-OH is 2. The number of hydrogen-bond donors (Lipinski definition) is 4. The molecule has 3 heterocycles. The molecule has 2 aromatic rings. The summed E-state index contributed by atoms with van der Waals surface area (Å²) >= 11 is 1.31. The molecule has 2 aliphatic rings. The number of aliphatic carboxylic acids is 2. The highest BCUT2D eigenvalue weighted by molar-refractivity contribution is 7.91. The lowest BCUT2D eigenvalue weighted by Gasteiger charge is -2.55. The van der Waals surface area contributed by atoms with Crippen LogP contribution in [-0.2, 0) is 26.2 Å². The minimum Gasteiger partial charge on any atom is -0.479 e. The van der Waals surface area contributed by atoms with Crippen LogP contribution in [0.3, 0.4) is 0 Å². The van der Waals surface area contributed by atoms with Crippen molar-refractivity contribution in [1.82, 2.24) is 9.21 Å². The molecule has 4 atom stereocenters. The second-order valence-electron chi connectivity index (χ2n) is 9.72. The topological polar surface area (TPSA) is 156 Å². The minimum atomic E-state index is -3.35. The van der Waals surface area contributed by atoms with Gasteiger partial charge in [-0.1, -0.05) is 50.2 Å². The van der Waals surface area contributed by atoms with Gasteiger partial charge in [0, 0.05) is 32.7 Å². The molecule has 0 radical (unpaired) electrons. The van der Waals surface area contributed by atoms with Crippen molar-refractivity contribution >= 4 is 33.3 Å². The lowest BCUT2D eigenvalue weighted by Crippen LogP contribution is -2.61. The molecule has 4 N–H and O–H groups in total. The fourth-order valence-electron chi connectivity index (χ4n) is 4.63. The molecule has 2 saturated heterocycles. The molecule has 2 fully saturated rings. The molecule has 2 unspecified atom stereocenters. The maximum absolute atomic E-state index is 13.0. The van der Waals surface area contributed by atoms with Gasteiger partial charge in [0.2, 0.25) is 0 Å². The van der Waals surface area contributed by atoms with Crippen molar-refractivity contribution in [3.8, 4) is 0 Å². The smallest absolute Gasteiger partial charge is 0.335 e. The van der Waals surface area contributed by atoms with Crippen LogP contribution < -0.4 is 0 Å². The maximum atomic E-state index is 13.0.